The summed E-state index contributed by atoms with van der Waals surface area (Å²) in [5, 5.41) is 357. The van der Waals surface area contributed by atoms with Crippen molar-refractivity contribution in [2.75, 3.05) is 13.2 Å². The number of phenolic OH excluding ortho intramolecular Hbond substituents is 31. The number of ether oxygens (including phenoxy) is 14. The minimum Gasteiger partial charge on any atom is -0.504 e. The van der Waals surface area contributed by atoms with Crippen LogP contribution in [0.4, 0.5) is 0 Å². The predicted octanol–water partition coefficient (Wildman–Crippen LogP) is 4.60. The van der Waals surface area contributed by atoms with E-state index >= 15 is 43.2 Å². The molecule has 32 N–H and O–H groups in total. The molecule has 0 spiro atoms. The molecule has 10 atom stereocenters. The number of carboxylic acids is 1. The molecule has 2 fully saturated rings. The first-order valence-electron chi connectivity index (χ1n) is 40.3. The third-order valence-corrected chi connectivity index (χ3v) is 23.2. The van der Waals surface area contributed by atoms with Gasteiger partial charge in [-0.25, -0.2) is 52.7 Å². The van der Waals surface area contributed by atoms with Crippen LogP contribution in [-0.2, 0) is 56.8 Å². The van der Waals surface area contributed by atoms with Gasteiger partial charge in [0.2, 0.25) is 99.5 Å². The lowest BCUT2D eigenvalue weighted by Gasteiger charge is -2.44. The van der Waals surface area contributed by atoms with Crippen LogP contribution in [0.1, 0.15) is 114 Å². The number of hydrogen-bond donors (Lipinski definition) is 32. The molecule has 0 amide bonds. The fraction of sp³-hybridized carbons (Fsp3) is 0.135. The molecule has 6 aliphatic heterocycles. The summed E-state index contributed by atoms with van der Waals surface area (Å²) in [6.07, 6.45) is -29.2. The smallest absolute Gasteiger partial charge is 0.344 e. The SMILES string of the molecule is O=C(O[C@H]1O[C@@H]2COC(=O)c3cc(Oc4c(C(=O)O)cc(O)c(O)c4O)c(O)c(O)c3-c3c(cc(O)c(O)c3O)C(=O)O[C@H]2[C@@H]2OC(=O)c3cc(O)c(O)c(O)c3-c3c(cc(O)c(O)c3O)C(=O)O[C@@H]12)c1cc(O)c(O)c(Oc2c(C(=O)O[C@H]3O[C@@H]4COC(=O)c5cc(c(O)c(O)c5O)-c5c(cc(O)c(O)c5O)C(=O)O[C@H]4[C@@H]4OC(=O)c5cc(O)c(O)c(O)c5-c5c(cc(O)c(O)c5O)C(=O)O[C@@H]34)cc(O)c(O)c2O)c1. The van der Waals surface area contributed by atoms with Gasteiger partial charge in [0.15, 0.2) is 151 Å². The van der Waals surface area contributed by atoms with Gasteiger partial charge in [-0.15, -0.1) is 0 Å². The van der Waals surface area contributed by atoms with Crippen molar-refractivity contribution in [3.05, 3.63) is 134 Å². The Kier molecular flexibility index (Phi) is 23.0. The fourth-order valence-electron chi connectivity index (χ4n) is 16.2. The van der Waals surface area contributed by atoms with Crippen LogP contribution in [0.15, 0.2) is 72.8 Å². The lowest BCUT2D eigenvalue weighted by Crippen LogP contribution is -2.63. The third kappa shape index (κ3) is 15.4. The summed E-state index contributed by atoms with van der Waals surface area (Å²) in [5.41, 5.74) is -25.5. The molecule has 6 heterocycles. The standard InChI is InChI=1S/C89H58O57/c90-27-1-15(78(123)145-88-75-73(141-83(128)19-6-30(93)51(103)60(112)41(19)43-21(85(130)143-75)8-32(95)53(105)62(43)114)72-38(137-88)13-133-79(124)23-12-37(136-69-25(77(121)122)10-34(97)56(108)67(69)119)58(110)65(117)46(23)45-18(82(127)140-72)5-29(92)55(107)64(45)116)2-36(49(27)101)135-70-26(11-35(98)57(109)68(70)120)87(132)146-89-76-74(142-84(129)20-7-31(94)52(104)61(113)42(20)44-22(86(131)144-76)9-33(96)54(106)63(44)115)71-39(138-89)14-134-80(125)24-3-16(47(99)66(118)48(24)100)40-17(81(126)139-71)4-28(91)50(102)59(40)111/h1-12,38-39,71-76,88-120H,13-14H2,(H,121,122)/t38-,39-,71-,72-,73+,74+,75-,76-,88-,89-/m1/s1. The Hall–Kier alpha value is -21.1. The number of aromatic carboxylic acids is 1. The second-order valence-corrected chi connectivity index (χ2v) is 31.7. The van der Waals surface area contributed by atoms with E-state index in [1.54, 1.807) is 0 Å². The number of fused-ring (bicyclic) bond motifs is 19. The zero-order valence-corrected chi connectivity index (χ0v) is 71.1. The summed E-state index contributed by atoms with van der Waals surface area (Å²) in [6.45, 7) is -3.31. The molecular weight excluding hydrogens is 1980 g/mol. The highest BCUT2D eigenvalue weighted by Crippen LogP contribution is 2.62. The molecule has 2 bridgehead atoms. The number of carbonyl (C=O) groups is 11. The van der Waals surface area contributed by atoms with Crippen molar-refractivity contribution in [2.24, 2.45) is 0 Å². The molecule has 57 nitrogen and oxygen atoms in total. The Balaban J connectivity index is 0.777. The fourth-order valence-corrected chi connectivity index (χ4v) is 16.2. The van der Waals surface area contributed by atoms with Crippen LogP contribution >= 0.6 is 0 Å². The first kappa shape index (κ1) is 96.6. The van der Waals surface area contributed by atoms with E-state index in [1.807, 2.05) is 0 Å². The van der Waals surface area contributed by atoms with Crippen molar-refractivity contribution in [2.45, 2.75) is 61.4 Å². The lowest BCUT2D eigenvalue weighted by atomic mass is 9.91. The van der Waals surface area contributed by atoms with Gasteiger partial charge in [-0.2, -0.15) is 0 Å². The molecule has 17 rings (SSSR count). The van der Waals surface area contributed by atoms with E-state index in [0.717, 1.165) is 0 Å². The summed E-state index contributed by atoms with van der Waals surface area (Å²) >= 11 is 0. The van der Waals surface area contributed by atoms with Gasteiger partial charge in [-0.3, -0.25) is 0 Å². The second kappa shape index (κ2) is 34.8. The first-order valence-corrected chi connectivity index (χ1v) is 40.3. The number of cyclic esters (lactones) is 2. The van der Waals surface area contributed by atoms with Gasteiger partial charge in [0.1, 0.15) is 42.1 Å². The maximum absolute atomic E-state index is 15.5. The molecule has 0 aliphatic carbocycles. The summed E-state index contributed by atoms with van der Waals surface area (Å²) in [5.74, 6) is -78.9. The minimum atomic E-state index is -3.13. The Morgan fingerprint density at radius 3 is 0.877 bits per heavy atom. The van der Waals surface area contributed by atoms with Gasteiger partial charge in [0.25, 0.3) is 0 Å². The summed E-state index contributed by atoms with van der Waals surface area (Å²) in [7, 11) is 0. The highest BCUT2D eigenvalue weighted by molar-refractivity contribution is 6.13. The van der Waals surface area contributed by atoms with Gasteiger partial charge in [0, 0.05) is 62.7 Å². The molecule has 2 saturated heterocycles. The average molecular weight is 2040 g/mol. The van der Waals surface area contributed by atoms with E-state index in [9.17, 15) is 173 Å². The van der Waals surface area contributed by atoms with Crippen molar-refractivity contribution < 1.29 is 282 Å². The maximum atomic E-state index is 15.5. The highest BCUT2D eigenvalue weighted by Gasteiger charge is 2.59. The van der Waals surface area contributed by atoms with Crippen molar-refractivity contribution in [3.8, 4) is 246 Å². The van der Waals surface area contributed by atoms with Crippen molar-refractivity contribution >= 4 is 65.7 Å². The average Bonchev–Trinajstić information content (AvgIpc) is 1.02. The van der Waals surface area contributed by atoms with Crippen LogP contribution in [0.3, 0.4) is 0 Å². The summed E-state index contributed by atoms with van der Waals surface area (Å²) < 4.78 is 80.3. The quantitative estimate of drug-likeness (QED) is 0.0533. The molecule has 11 aromatic carbocycles. The van der Waals surface area contributed by atoms with E-state index in [-0.39, 0.29) is 66.7 Å². The number of esters is 10. The maximum Gasteiger partial charge on any atom is 0.344 e. The van der Waals surface area contributed by atoms with Gasteiger partial charge < -0.3 is 230 Å². The third-order valence-electron chi connectivity index (χ3n) is 23.2. The molecule has 57 heteroatoms. The Morgan fingerprint density at radius 1 is 0.233 bits per heavy atom. The van der Waals surface area contributed by atoms with Gasteiger partial charge in [0.05, 0.1) is 44.5 Å². The monoisotopic (exact) mass is 2040 g/mol. The predicted molar refractivity (Wildman–Crippen MR) is 449 cm³/mol. The van der Waals surface area contributed by atoms with E-state index in [2.05, 4.69) is 0 Å². The topological polar surface area (TPSA) is 964 Å². The number of aromatic hydroxyl groups is 31. The van der Waals surface area contributed by atoms with Crippen LogP contribution in [0.5, 0.6) is 201 Å². The Bertz CT molecular complexity index is 7740. The van der Waals surface area contributed by atoms with Crippen LogP contribution in [0.2, 0.25) is 0 Å². The van der Waals surface area contributed by atoms with Crippen LogP contribution < -0.4 is 9.47 Å². The molecule has 0 aromatic heterocycles. The number of rotatable bonds is 9. The van der Waals surface area contributed by atoms with Crippen molar-refractivity contribution in [1.82, 2.24) is 0 Å². The summed E-state index contributed by atoms with van der Waals surface area (Å²) in [4.78, 5) is 164. The van der Waals surface area contributed by atoms with Gasteiger partial charge in [-0.1, -0.05) is 0 Å². The molecule has 11 aromatic rings. The summed E-state index contributed by atoms with van der Waals surface area (Å²) in [6, 6.07) is 2.80. The molecule has 6 aliphatic rings. The van der Waals surface area contributed by atoms with Crippen LogP contribution in [-0.4, -0.2) is 304 Å². The van der Waals surface area contributed by atoms with Gasteiger partial charge in [-0.05, 0) is 54.6 Å². The normalized spacial score (nSPS) is 19.4. The number of carboxylic acid groups (broad SMARTS) is 1. The lowest BCUT2D eigenvalue weighted by molar-refractivity contribution is -0.283. The Morgan fingerprint density at radius 2 is 0.507 bits per heavy atom. The van der Waals surface area contributed by atoms with Crippen LogP contribution in [0.25, 0.3) is 44.5 Å². The minimum absolute atomic E-state index is 0.0791. The second-order valence-electron chi connectivity index (χ2n) is 31.7. The Labute approximate surface area is 799 Å². The van der Waals surface area contributed by atoms with Crippen molar-refractivity contribution in [1.29, 1.82) is 0 Å². The zero-order valence-electron chi connectivity index (χ0n) is 71.1. The van der Waals surface area contributed by atoms with E-state index in [0.29, 0.717) is 6.07 Å². The van der Waals surface area contributed by atoms with Gasteiger partial charge >= 0.3 is 65.7 Å². The molecule has 146 heavy (non-hydrogen) atoms. The van der Waals surface area contributed by atoms with E-state index < -0.39 is 447 Å². The zero-order chi connectivity index (χ0) is 106. The molecule has 756 valence electrons. The van der Waals surface area contributed by atoms with E-state index in [4.69, 9.17) is 66.3 Å². The van der Waals surface area contributed by atoms with Crippen molar-refractivity contribution in [3.63, 3.8) is 0 Å². The number of phenols is 31. The number of carbonyl (C=O) groups excluding carboxylic acids is 10. The first-order chi connectivity index (χ1) is 68.7. The largest absolute Gasteiger partial charge is 0.504 e. The highest BCUT2D eigenvalue weighted by atomic mass is 16.8. The van der Waals surface area contributed by atoms with E-state index in [1.165, 1.54) is 0 Å². The molecule has 0 saturated carbocycles. The number of hydrogen-bond acceptors (Lipinski definition) is 56. The molecular formula is C89H58O57. The number of benzene rings is 11. The molecule has 0 radical (unpaired) electrons. The van der Waals surface area contributed by atoms with Crippen LogP contribution in [0, 0.1) is 0 Å². The molecule has 0 unspecified atom stereocenters.